The minimum atomic E-state index is -1.25. The number of hydrogen-bond donors (Lipinski definition) is 1. The van der Waals surface area contributed by atoms with Crippen molar-refractivity contribution in [3.63, 3.8) is 0 Å². The lowest BCUT2D eigenvalue weighted by Gasteiger charge is -2.42. The van der Waals surface area contributed by atoms with Gasteiger partial charge in [-0.15, -0.1) is 11.3 Å². The van der Waals surface area contributed by atoms with Crippen molar-refractivity contribution in [2.75, 3.05) is 7.11 Å². The third kappa shape index (κ3) is 5.00. The first-order chi connectivity index (χ1) is 16.5. The van der Waals surface area contributed by atoms with Gasteiger partial charge in [-0.05, 0) is 69.3 Å². The van der Waals surface area contributed by atoms with E-state index in [2.05, 4.69) is 10.4 Å². The van der Waals surface area contributed by atoms with Gasteiger partial charge in [0.1, 0.15) is 22.7 Å². The van der Waals surface area contributed by atoms with Crippen molar-refractivity contribution >= 4 is 29.1 Å². The monoisotopic (exact) mass is 494 g/mol. The summed E-state index contributed by atoms with van der Waals surface area (Å²) in [5.74, 6) is -0.331. The van der Waals surface area contributed by atoms with Crippen molar-refractivity contribution in [1.29, 1.82) is 0 Å². The maximum atomic E-state index is 14.0. The molecule has 2 aromatic heterocycles. The van der Waals surface area contributed by atoms with E-state index in [0.717, 1.165) is 10.4 Å². The molecule has 184 valence electrons. The molecule has 1 atom stereocenters. The Hall–Kier alpha value is -3.46. The largest absolute Gasteiger partial charge is 0.497 e. The van der Waals surface area contributed by atoms with Crippen LogP contribution in [0.3, 0.4) is 0 Å². The molecule has 8 nitrogen and oxygen atoms in total. The van der Waals surface area contributed by atoms with E-state index in [0.29, 0.717) is 11.4 Å². The third-order valence-electron chi connectivity index (χ3n) is 6.08. The highest BCUT2D eigenvalue weighted by atomic mass is 32.1. The molecule has 0 radical (unpaired) electrons. The molecule has 0 fully saturated rings. The fraction of sp³-hybridized carbons (Fsp3) is 0.385. The Morgan fingerprint density at radius 1 is 1.20 bits per heavy atom. The number of nitrogens with zero attached hydrogens (tertiary/aromatic N) is 3. The Balaban J connectivity index is 1.81. The van der Waals surface area contributed by atoms with Gasteiger partial charge in [0.05, 0.1) is 12.0 Å². The predicted octanol–water partition coefficient (Wildman–Crippen LogP) is 4.37. The molecule has 3 heterocycles. The normalized spacial score (nSPS) is 18.6. The van der Waals surface area contributed by atoms with Gasteiger partial charge in [-0.3, -0.25) is 14.4 Å². The van der Waals surface area contributed by atoms with Gasteiger partial charge in [0.2, 0.25) is 11.8 Å². The zero-order valence-corrected chi connectivity index (χ0v) is 21.4. The van der Waals surface area contributed by atoms with Crippen molar-refractivity contribution < 1.29 is 19.1 Å². The van der Waals surface area contributed by atoms with E-state index >= 15 is 0 Å². The second-order valence-corrected chi connectivity index (χ2v) is 10.9. The number of ether oxygens (including phenoxy) is 1. The Morgan fingerprint density at radius 3 is 2.51 bits per heavy atom. The predicted molar refractivity (Wildman–Crippen MR) is 135 cm³/mol. The highest BCUT2D eigenvalue weighted by molar-refractivity contribution is 7.13. The Bertz CT molecular complexity index is 1240. The number of rotatable bonds is 5. The number of aromatic nitrogens is 2. The Kier molecular flexibility index (Phi) is 6.55. The van der Waals surface area contributed by atoms with Gasteiger partial charge in [0, 0.05) is 18.5 Å². The molecule has 1 aliphatic rings. The second kappa shape index (κ2) is 9.30. The minimum Gasteiger partial charge on any atom is -0.497 e. The molecule has 9 heteroatoms. The summed E-state index contributed by atoms with van der Waals surface area (Å²) in [7, 11) is 1.59. The number of benzene rings is 1. The van der Waals surface area contributed by atoms with Crippen LogP contribution in [-0.4, -0.2) is 50.6 Å². The lowest BCUT2D eigenvalue weighted by Crippen LogP contribution is -2.62. The summed E-state index contributed by atoms with van der Waals surface area (Å²) in [5.41, 5.74) is -0.204. The van der Waals surface area contributed by atoms with Crippen LogP contribution in [0, 0.1) is 0 Å². The van der Waals surface area contributed by atoms with E-state index in [1.807, 2.05) is 62.5 Å². The lowest BCUT2D eigenvalue weighted by atomic mass is 9.88. The van der Waals surface area contributed by atoms with E-state index < -0.39 is 17.0 Å². The van der Waals surface area contributed by atoms with Gasteiger partial charge in [-0.1, -0.05) is 18.2 Å². The third-order valence-corrected chi connectivity index (χ3v) is 6.97. The maximum absolute atomic E-state index is 14.0. The number of hydrogen-bond acceptors (Lipinski definition) is 6. The zero-order valence-electron chi connectivity index (χ0n) is 20.6. The molecule has 1 aromatic carbocycles. The van der Waals surface area contributed by atoms with Gasteiger partial charge in [-0.2, -0.15) is 9.78 Å². The molecular weight excluding hydrogens is 464 g/mol. The quantitative estimate of drug-likeness (QED) is 0.569. The fourth-order valence-electron chi connectivity index (χ4n) is 4.09. The second-order valence-electron chi connectivity index (χ2n) is 9.92. The number of fused-ring (bicyclic) bond motifs is 1. The molecule has 1 unspecified atom stereocenters. The molecule has 0 spiro atoms. The minimum absolute atomic E-state index is 0.0685. The molecule has 3 aromatic rings. The van der Waals surface area contributed by atoms with Gasteiger partial charge in [0.15, 0.2) is 0 Å². The standard InChI is InChI=1S/C26H30N4O4S/c1-25(2,3)27-24(33)26(4)13-12-22(31)30-20(15-19(28-30)21-7-6-14-35-21)23(32)29(26)16-17-8-10-18(34-5)11-9-17/h6-11,14-15H,12-13,16H2,1-5H3,(H,27,33). The van der Waals surface area contributed by atoms with Crippen molar-refractivity contribution in [3.05, 3.63) is 59.1 Å². The highest BCUT2D eigenvalue weighted by Gasteiger charge is 2.46. The van der Waals surface area contributed by atoms with Crippen LogP contribution in [0.5, 0.6) is 5.75 Å². The van der Waals surface area contributed by atoms with E-state index in [9.17, 15) is 14.4 Å². The van der Waals surface area contributed by atoms with E-state index in [1.54, 1.807) is 25.0 Å². The van der Waals surface area contributed by atoms with Crippen LogP contribution < -0.4 is 10.1 Å². The molecule has 0 aliphatic carbocycles. The summed E-state index contributed by atoms with van der Waals surface area (Å²) in [6.45, 7) is 7.58. The summed E-state index contributed by atoms with van der Waals surface area (Å²) in [6.07, 6.45) is 0.238. The number of carbonyl (C=O) groups is 3. The molecule has 0 saturated heterocycles. The number of thiophene rings is 1. The molecule has 1 N–H and O–H groups in total. The molecule has 35 heavy (non-hydrogen) atoms. The maximum Gasteiger partial charge on any atom is 0.273 e. The zero-order chi connectivity index (χ0) is 25.4. The highest BCUT2D eigenvalue weighted by Crippen LogP contribution is 2.32. The van der Waals surface area contributed by atoms with Crippen LogP contribution >= 0.6 is 11.3 Å². The molecule has 0 saturated carbocycles. The van der Waals surface area contributed by atoms with E-state index in [1.165, 1.54) is 16.0 Å². The van der Waals surface area contributed by atoms with Crippen LogP contribution in [0.2, 0.25) is 0 Å². The van der Waals surface area contributed by atoms with E-state index in [4.69, 9.17) is 4.74 Å². The van der Waals surface area contributed by atoms with Gasteiger partial charge in [-0.25, -0.2) is 0 Å². The molecule has 1 aliphatic heterocycles. The summed E-state index contributed by atoms with van der Waals surface area (Å²) in [6, 6.07) is 12.8. The first-order valence-electron chi connectivity index (χ1n) is 11.5. The van der Waals surface area contributed by atoms with Gasteiger partial charge >= 0.3 is 0 Å². The topological polar surface area (TPSA) is 93.5 Å². The summed E-state index contributed by atoms with van der Waals surface area (Å²) in [4.78, 5) is 43.2. The van der Waals surface area contributed by atoms with Crippen LogP contribution in [0.1, 0.15) is 61.4 Å². The number of nitrogens with one attached hydrogen (secondary N) is 1. The fourth-order valence-corrected chi connectivity index (χ4v) is 4.77. The first-order valence-corrected chi connectivity index (χ1v) is 12.3. The Labute approximate surface area is 208 Å². The number of carbonyl (C=O) groups excluding carboxylic acids is 3. The van der Waals surface area contributed by atoms with Crippen molar-refractivity contribution in [2.45, 2.75) is 58.2 Å². The molecular formula is C26H30N4O4S. The average molecular weight is 495 g/mol. The molecule has 0 bridgehead atoms. The van der Waals surface area contributed by atoms with Crippen LogP contribution in [0.15, 0.2) is 47.8 Å². The Morgan fingerprint density at radius 2 is 1.91 bits per heavy atom. The first kappa shape index (κ1) is 24.7. The molecule has 4 rings (SSSR count). The summed E-state index contributed by atoms with van der Waals surface area (Å²) < 4.78 is 6.45. The van der Waals surface area contributed by atoms with Crippen molar-refractivity contribution in [1.82, 2.24) is 20.0 Å². The average Bonchev–Trinajstić information content (AvgIpc) is 3.49. The number of amides is 2. The smallest absolute Gasteiger partial charge is 0.273 e. The van der Waals surface area contributed by atoms with Crippen molar-refractivity contribution in [2.24, 2.45) is 0 Å². The summed E-state index contributed by atoms with van der Waals surface area (Å²) >= 11 is 1.48. The van der Waals surface area contributed by atoms with Crippen LogP contribution in [0.4, 0.5) is 0 Å². The molecule has 2 amide bonds. The van der Waals surface area contributed by atoms with E-state index in [-0.39, 0.29) is 36.9 Å². The lowest BCUT2D eigenvalue weighted by molar-refractivity contribution is -0.133. The summed E-state index contributed by atoms with van der Waals surface area (Å²) in [5, 5.41) is 9.39. The van der Waals surface area contributed by atoms with Crippen LogP contribution in [-0.2, 0) is 11.3 Å². The van der Waals surface area contributed by atoms with Gasteiger partial charge < -0.3 is 15.0 Å². The van der Waals surface area contributed by atoms with Crippen LogP contribution in [0.25, 0.3) is 10.6 Å². The number of methoxy groups -OCH3 is 1. The SMILES string of the molecule is COc1ccc(CN2C(=O)c3cc(-c4cccs4)nn3C(=O)CCC2(C)C(=O)NC(C)(C)C)cc1. The van der Waals surface area contributed by atoms with Crippen molar-refractivity contribution in [3.8, 4) is 16.3 Å². The van der Waals surface area contributed by atoms with Gasteiger partial charge in [0.25, 0.3) is 5.91 Å².